The molecule has 1 fully saturated rings. The van der Waals surface area contributed by atoms with E-state index in [-0.39, 0.29) is 5.92 Å². The summed E-state index contributed by atoms with van der Waals surface area (Å²) in [5.74, 6) is 1.13. The SMILES string of the molecule is Cc1cc(CCN2CCC(Cn3cnc(C(F)(F)F)cc3=O)CC2)on1. The summed E-state index contributed by atoms with van der Waals surface area (Å²) in [7, 11) is 0. The topological polar surface area (TPSA) is 64.2 Å². The molecule has 3 rings (SSSR count). The summed E-state index contributed by atoms with van der Waals surface area (Å²) in [4.78, 5) is 17.6. The Morgan fingerprint density at radius 2 is 2.00 bits per heavy atom. The van der Waals surface area contributed by atoms with Gasteiger partial charge in [0.1, 0.15) is 5.76 Å². The maximum absolute atomic E-state index is 12.6. The van der Waals surface area contributed by atoms with Crippen LogP contribution in [0.1, 0.15) is 30.0 Å². The van der Waals surface area contributed by atoms with E-state index in [4.69, 9.17) is 4.52 Å². The number of likely N-dealkylation sites (tertiary alicyclic amines) is 1. The van der Waals surface area contributed by atoms with Crippen LogP contribution in [0.25, 0.3) is 0 Å². The van der Waals surface area contributed by atoms with Crippen molar-refractivity contribution in [1.29, 1.82) is 0 Å². The van der Waals surface area contributed by atoms with Gasteiger partial charge in [0.25, 0.3) is 5.56 Å². The van der Waals surface area contributed by atoms with Gasteiger partial charge < -0.3 is 9.42 Å². The average Bonchev–Trinajstić information content (AvgIpc) is 3.00. The fourth-order valence-electron chi connectivity index (χ4n) is 3.19. The lowest BCUT2D eigenvalue weighted by molar-refractivity contribution is -0.141. The lowest BCUT2D eigenvalue weighted by Crippen LogP contribution is -2.37. The molecule has 142 valence electrons. The zero-order chi connectivity index (χ0) is 18.7. The molecular weight excluding hydrogens is 349 g/mol. The minimum atomic E-state index is -4.59. The van der Waals surface area contributed by atoms with Gasteiger partial charge in [-0.05, 0) is 38.8 Å². The van der Waals surface area contributed by atoms with Crippen LogP contribution in [0.5, 0.6) is 0 Å². The number of piperidine rings is 1. The first kappa shape index (κ1) is 18.6. The van der Waals surface area contributed by atoms with E-state index in [2.05, 4.69) is 15.0 Å². The van der Waals surface area contributed by atoms with Crippen molar-refractivity contribution < 1.29 is 17.7 Å². The van der Waals surface area contributed by atoms with Gasteiger partial charge >= 0.3 is 6.18 Å². The van der Waals surface area contributed by atoms with Gasteiger partial charge in [-0.2, -0.15) is 13.2 Å². The molecule has 3 heterocycles. The summed E-state index contributed by atoms with van der Waals surface area (Å²) in [6.07, 6.45) is -1.00. The Morgan fingerprint density at radius 3 is 2.58 bits per heavy atom. The van der Waals surface area contributed by atoms with E-state index in [0.717, 1.165) is 56.7 Å². The van der Waals surface area contributed by atoms with Crippen LogP contribution in [0, 0.1) is 12.8 Å². The highest BCUT2D eigenvalue weighted by molar-refractivity contribution is 5.04. The highest BCUT2D eigenvalue weighted by Crippen LogP contribution is 2.26. The second-order valence-electron chi connectivity index (χ2n) is 6.73. The number of aromatic nitrogens is 3. The number of hydrogen-bond donors (Lipinski definition) is 0. The van der Waals surface area contributed by atoms with Crippen LogP contribution in [0.2, 0.25) is 0 Å². The van der Waals surface area contributed by atoms with Gasteiger partial charge in [-0.3, -0.25) is 9.36 Å². The third-order valence-corrected chi connectivity index (χ3v) is 4.68. The molecule has 2 aromatic rings. The molecule has 2 aromatic heterocycles. The summed E-state index contributed by atoms with van der Waals surface area (Å²) in [5, 5.41) is 3.87. The van der Waals surface area contributed by atoms with E-state index in [1.165, 1.54) is 4.57 Å². The minimum absolute atomic E-state index is 0.259. The first-order valence-electron chi connectivity index (χ1n) is 8.59. The van der Waals surface area contributed by atoms with Crippen LogP contribution in [0.4, 0.5) is 13.2 Å². The first-order chi connectivity index (χ1) is 12.3. The highest BCUT2D eigenvalue weighted by Gasteiger charge is 2.33. The largest absolute Gasteiger partial charge is 0.433 e. The molecule has 1 aliphatic heterocycles. The van der Waals surface area contributed by atoms with Gasteiger partial charge in [0.05, 0.1) is 12.0 Å². The van der Waals surface area contributed by atoms with Crippen LogP contribution < -0.4 is 5.56 Å². The molecule has 9 heteroatoms. The molecule has 0 atom stereocenters. The predicted molar refractivity (Wildman–Crippen MR) is 87.6 cm³/mol. The Hall–Kier alpha value is -2.16. The minimum Gasteiger partial charge on any atom is -0.361 e. The van der Waals surface area contributed by atoms with Crippen molar-refractivity contribution >= 4 is 0 Å². The first-order valence-corrected chi connectivity index (χ1v) is 8.59. The molecular formula is C17H21F3N4O2. The Kier molecular flexibility index (Phi) is 5.45. The fraction of sp³-hybridized carbons (Fsp3) is 0.588. The smallest absolute Gasteiger partial charge is 0.361 e. The van der Waals surface area contributed by atoms with Crippen LogP contribution in [0.3, 0.4) is 0 Å². The number of rotatable bonds is 5. The third kappa shape index (κ3) is 4.72. The van der Waals surface area contributed by atoms with Crippen molar-refractivity contribution in [2.45, 2.75) is 38.9 Å². The Labute approximate surface area is 148 Å². The van der Waals surface area contributed by atoms with Crippen molar-refractivity contribution in [1.82, 2.24) is 19.6 Å². The molecule has 6 nitrogen and oxygen atoms in total. The normalized spacial score (nSPS) is 16.9. The summed E-state index contributed by atoms with van der Waals surface area (Å²) >= 11 is 0. The zero-order valence-corrected chi connectivity index (χ0v) is 14.5. The van der Waals surface area contributed by atoms with Crippen molar-refractivity contribution in [2.75, 3.05) is 19.6 Å². The second-order valence-corrected chi connectivity index (χ2v) is 6.73. The molecule has 0 unspecified atom stereocenters. The van der Waals surface area contributed by atoms with E-state index < -0.39 is 17.4 Å². The highest BCUT2D eigenvalue weighted by atomic mass is 19.4. The molecule has 0 bridgehead atoms. The number of hydrogen-bond acceptors (Lipinski definition) is 5. The number of nitrogens with zero attached hydrogens (tertiary/aromatic N) is 4. The lowest BCUT2D eigenvalue weighted by atomic mass is 9.96. The van der Waals surface area contributed by atoms with E-state index in [9.17, 15) is 18.0 Å². The van der Waals surface area contributed by atoms with Gasteiger partial charge in [-0.1, -0.05) is 5.16 Å². The molecule has 0 spiro atoms. The quantitative estimate of drug-likeness (QED) is 0.809. The van der Waals surface area contributed by atoms with Gasteiger partial charge in [0.15, 0.2) is 5.69 Å². The molecule has 1 saturated heterocycles. The standard InChI is InChI=1S/C17H21F3N4O2/c1-12-8-14(26-22-12)4-7-23-5-2-13(3-6-23)10-24-11-21-15(9-16(24)25)17(18,19)20/h8-9,11,13H,2-7,10H2,1H3. The van der Waals surface area contributed by atoms with E-state index >= 15 is 0 Å². The van der Waals surface area contributed by atoms with E-state index in [1.54, 1.807) is 0 Å². The average molecular weight is 370 g/mol. The van der Waals surface area contributed by atoms with Gasteiger partial charge in [-0.15, -0.1) is 0 Å². The van der Waals surface area contributed by atoms with Gasteiger partial charge in [0.2, 0.25) is 0 Å². The molecule has 0 saturated carbocycles. The Morgan fingerprint density at radius 1 is 1.27 bits per heavy atom. The number of aryl methyl sites for hydroxylation is 1. The number of halogens is 3. The Bertz CT molecular complexity index is 792. The van der Waals surface area contributed by atoms with Gasteiger partial charge in [-0.25, -0.2) is 4.98 Å². The summed E-state index contributed by atoms with van der Waals surface area (Å²) in [6, 6.07) is 2.49. The molecule has 0 N–H and O–H groups in total. The maximum atomic E-state index is 12.6. The predicted octanol–water partition coefficient (Wildman–Crippen LogP) is 2.51. The van der Waals surface area contributed by atoms with Crippen LogP contribution >= 0.6 is 0 Å². The second kappa shape index (κ2) is 7.61. The van der Waals surface area contributed by atoms with Crippen molar-refractivity contribution in [2.24, 2.45) is 5.92 Å². The molecule has 26 heavy (non-hydrogen) atoms. The van der Waals surface area contributed by atoms with E-state index in [1.807, 2.05) is 13.0 Å². The molecule has 0 amide bonds. The van der Waals surface area contributed by atoms with Crippen LogP contribution in [0.15, 0.2) is 27.8 Å². The summed E-state index contributed by atoms with van der Waals surface area (Å²) in [5.41, 5.74) is -0.930. The zero-order valence-electron chi connectivity index (χ0n) is 14.5. The van der Waals surface area contributed by atoms with Gasteiger partial charge in [0, 0.05) is 31.6 Å². The summed E-state index contributed by atoms with van der Waals surface area (Å²) in [6.45, 7) is 4.94. The Balaban J connectivity index is 1.49. The van der Waals surface area contributed by atoms with Crippen molar-refractivity contribution in [3.05, 3.63) is 46.0 Å². The summed E-state index contributed by atoms with van der Waals surface area (Å²) < 4.78 is 44.2. The van der Waals surface area contributed by atoms with E-state index in [0.29, 0.717) is 12.6 Å². The van der Waals surface area contributed by atoms with Crippen LogP contribution in [-0.4, -0.2) is 39.2 Å². The van der Waals surface area contributed by atoms with Crippen LogP contribution in [-0.2, 0) is 19.1 Å². The monoisotopic (exact) mass is 370 g/mol. The molecule has 1 aliphatic rings. The maximum Gasteiger partial charge on any atom is 0.433 e. The molecule has 0 aromatic carbocycles. The molecule has 0 aliphatic carbocycles. The lowest BCUT2D eigenvalue weighted by Gasteiger charge is -2.31. The number of alkyl halides is 3. The van der Waals surface area contributed by atoms with Crippen molar-refractivity contribution in [3.63, 3.8) is 0 Å². The fourth-order valence-corrected chi connectivity index (χ4v) is 3.19. The van der Waals surface area contributed by atoms with Crippen molar-refractivity contribution in [3.8, 4) is 0 Å². The third-order valence-electron chi connectivity index (χ3n) is 4.68. The molecule has 0 radical (unpaired) electrons.